The summed E-state index contributed by atoms with van der Waals surface area (Å²) in [5.41, 5.74) is 4.78. The molecular formula is C22H27N5OS. The van der Waals surface area contributed by atoms with Crippen molar-refractivity contribution in [2.75, 3.05) is 18.4 Å². The van der Waals surface area contributed by atoms with Gasteiger partial charge < -0.3 is 0 Å². The average Bonchev–Trinajstić information content (AvgIpc) is 3.31. The molecule has 3 aromatic rings. The molecule has 1 aliphatic heterocycles. The van der Waals surface area contributed by atoms with E-state index in [1.54, 1.807) is 17.5 Å². The minimum atomic E-state index is -0.148. The predicted octanol–water partition coefficient (Wildman–Crippen LogP) is 4.39. The minimum Gasteiger partial charge on any atom is -0.298 e. The van der Waals surface area contributed by atoms with E-state index in [1.807, 2.05) is 16.8 Å². The van der Waals surface area contributed by atoms with Gasteiger partial charge in [0.15, 0.2) is 5.13 Å². The van der Waals surface area contributed by atoms with Crippen LogP contribution in [0.4, 0.5) is 5.13 Å². The lowest BCUT2D eigenvalue weighted by atomic mass is 10.0. The van der Waals surface area contributed by atoms with Gasteiger partial charge in [0, 0.05) is 24.4 Å². The molecule has 0 fully saturated rings. The second-order valence-corrected chi connectivity index (χ2v) is 8.89. The highest BCUT2D eigenvalue weighted by molar-refractivity contribution is 7.15. The van der Waals surface area contributed by atoms with Crippen molar-refractivity contribution >= 4 is 22.4 Å². The molecular weight excluding hydrogens is 382 g/mol. The third-order valence-electron chi connectivity index (χ3n) is 5.35. The number of likely N-dealkylation sites (N-methyl/N-ethyl adjacent to an activating group) is 1. The van der Waals surface area contributed by atoms with E-state index in [0.29, 0.717) is 10.7 Å². The molecule has 1 aromatic carbocycles. The molecule has 7 heteroatoms. The Balaban J connectivity index is 1.59. The van der Waals surface area contributed by atoms with Crippen LogP contribution in [0.25, 0.3) is 5.69 Å². The molecule has 6 nitrogen and oxygen atoms in total. The standard InChI is InChI=1S/C22H27N5OS/c1-5-26-11-10-18-19(13-26)29-22(24-18)25-21(28)17-12-23-27(20(17)14(2)3)16-8-6-15(4)7-9-16/h6-9,12,14H,5,10-11,13H2,1-4H3,(H,24,25,28). The lowest BCUT2D eigenvalue weighted by Gasteiger charge is -2.23. The smallest absolute Gasteiger partial charge is 0.260 e. The number of anilines is 1. The SMILES string of the molecule is CCN1CCc2nc(NC(=O)c3cnn(-c4ccc(C)cc4)c3C(C)C)sc2C1. The fourth-order valence-electron chi connectivity index (χ4n) is 3.72. The van der Waals surface area contributed by atoms with Gasteiger partial charge in [-0.2, -0.15) is 5.10 Å². The zero-order chi connectivity index (χ0) is 20.5. The molecule has 0 aliphatic carbocycles. The molecule has 1 amide bonds. The van der Waals surface area contributed by atoms with Crippen molar-refractivity contribution in [3.05, 3.63) is 57.9 Å². The van der Waals surface area contributed by atoms with Gasteiger partial charge in [0.1, 0.15) is 0 Å². The third-order valence-corrected chi connectivity index (χ3v) is 6.35. The monoisotopic (exact) mass is 409 g/mol. The van der Waals surface area contributed by atoms with Gasteiger partial charge >= 0.3 is 0 Å². The lowest BCUT2D eigenvalue weighted by Crippen LogP contribution is -2.29. The van der Waals surface area contributed by atoms with E-state index in [4.69, 9.17) is 0 Å². The maximum Gasteiger partial charge on any atom is 0.260 e. The first-order chi connectivity index (χ1) is 14.0. The highest BCUT2D eigenvalue weighted by Gasteiger charge is 2.24. The minimum absolute atomic E-state index is 0.148. The Morgan fingerprint density at radius 1 is 1.28 bits per heavy atom. The normalized spacial score (nSPS) is 14.2. The predicted molar refractivity (Wildman–Crippen MR) is 117 cm³/mol. The molecule has 1 aliphatic rings. The van der Waals surface area contributed by atoms with Crippen molar-refractivity contribution in [2.45, 2.75) is 46.6 Å². The Kier molecular flexibility index (Phi) is 5.52. The topological polar surface area (TPSA) is 63.1 Å². The summed E-state index contributed by atoms with van der Waals surface area (Å²) in [5.74, 6) is 0.00710. The number of aryl methyl sites for hydroxylation is 1. The number of amides is 1. The van der Waals surface area contributed by atoms with Crippen molar-refractivity contribution in [2.24, 2.45) is 0 Å². The van der Waals surface area contributed by atoms with Gasteiger partial charge in [-0.15, -0.1) is 11.3 Å². The average molecular weight is 410 g/mol. The molecule has 29 heavy (non-hydrogen) atoms. The summed E-state index contributed by atoms with van der Waals surface area (Å²) in [4.78, 5) is 21.4. The maximum atomic E-state index is 13.1. The van der Waals surface area contributed by atoms with Gasteiger partial charge in [-0.1, -0.05) is 38.5 Å². The largest absolute Gasteiger partial charge is 0.298 e. The second kappa shape index (κ2) is 8.08. The highest BCUT2D eigenvalue weighted by Crippen LogP contribution is 2.29. The molecule has 0 spiro atoms. The number of carbonyl (C=O) groups excluding carboxylic acids is 1. The third kappa shape index (κ3) is 3.97. The molecule has 152 valence electrons. The lowest BCUT2D eigenvalue weighted by molar-refractivity contribution is 0.102. The van der Waals surface area contributed by atoms with Gasteiger partial charge in [-0.05, 0) is 31.5 Å². The Hall–Kier alpha value is -2.51. The number of thiazole rings is 1. The van der Waals surface area contributed by atoms with Gasteiger partial charge in [0.2, 0.25) is 0 Å². The van der Waals surface area contributed by atoms with Crippen LogP contribution in [0.1, 0.15) is 58.9 Å². The summed E-state index contributed by atoms with van der Waals surface area (Å²) in [6.45, 7) is 11.4. The number of rotatable bonds is 5. The van der Waals surface area contributed by atoms with Crippen molar-refractivity contribution in [3.63, 3.8) is 0 Å². The van der Waals surface area contributed by atoms with E-state index in [0.717, 1.165) is 43.1 Å². The van der Waals surface area contributed by atoms with Crippen molar-refractivity contribution in [3.8, 4) is 5.69 Å². The number of aromatic nitrogens is 3. The molecule has 0 atom stereocenters. The summed E-state index contributed by atoms with van der Waals surface area (Å²) in [6, 6.07) is 8.18. The molecule has 1 N–H and O–H groups in total. The van der Waals surface area contributed by atoms with Crippen LogP contribution < -0.4 is 5.32 Å². The van der Waals surface area contributed by atoms with Crippen molar-refractivity contribution in [1.82, 2.24) is 19.7 Å². The number of benzene rings is 1. The van der Waals surface area contributed by atoms with Gasteiger partial charge in [0.05, 0.1) is 28.8 Å². The van der Waals surface area contributed by atoms with Gasteiger partial charge in [-0.25, -0.2) is 9.67 Å². The van der Waals surface area contributed by atoms with Crippen LogP contribution in [0, 0.1) is 6.92 Å². The quantitative estimate of drug-likeness (QED) is 0.679. The van der Waals surface area contributed by atoms with Crippen LogP contribution in [0.15, 0.2) is 30.5 Å². The first-order valence-electron chi connectivity index (χ1n) is 10.1. The molecule has 0 saturated carbocycles. The zero-order valence-electron chi connectivity index (χ0n) is 17.4. The van der Waals surface area contributed by atoms with Crippen LogP contribution in [0.3, 0.4) is 0 Å². The van der Waals surface area contributed by atoms with Crippen LogP contribution >= 0.6 is 11.3 Å². The summed E-state index contributed by atoms with van der Waals surface area (Å²) in [6.07, 6.45) is 2.61. The van der Waals surface area contributed by atoms with E-state index in [1.165, 1.54) is 10.4 Å². The molecule has 0 bridgehead atoms. The van der Waals surface area contributed by atoms with Crippen molar-refractivity contribution in [1.29, 1.82) is 0 Å². The fourth-order valence-corrected chi connectivity index (χ4v) is 4.76. The highest BCUT2D eigenvalue weighted by atomic mass is 32.1. The zero-order valence-corrected chi connectivity index (χ0v) is 18.2. The fraction of sp³-hybridized carbons (Fsp3) is 0.409. The number of carbonyl (C=O) groups is 1. The van der Waals surface area contributed by atoms with Gasteiger partial charge in [0.25, 0.3) is 5.91 Å². The van der Waals surface area contributed by atoms with Crippen LogP contribution in [0.2, 0.25) is 0 Å². The number of nitrogens with one attached hydrogen (secondary N) is 1. The molecule has 0 radical (unpaired) electrons. The number of fused-ring (bicyclic) bond motifs is 1. The molecule has 0 unspecified atom stereocenters. The molecule has 4 rings (SSSR count). The van der Waals surface area contributed by atoms with Gasteiger partial charge in [-0.3, -0.25) is 15.0 Å². The number of nitrogens with zero attached hydrogens (tertiary/aromatic N) is 4. The second-order valence-electron chi connectivity index (χ2n) is 7.81. The first kappa shape index (κ1) is 19.8. The Morgan fingerprint density at radius 2 is 2.03 bits per heavy atom. The number of hydrogen-bond acceptors (Lipinski definition) is 5. The van der Waals surface area contributed by atoms with Crippen LogP contribution in [-0.4, -0.2) is 38.7 Å². The molecule has 3 heterocycles. The van der Waals surface area contributed by atoms with E-state index < -0.39 is 0 Å². The molecule has 2 aromatic heterocycles. The van der Waals surface area contributed by atoms with Crippen LogP contribution in [0.5, 0.6) is 0 Å². The summed E-state index contributed by atoms with van der Waals surface area (Å²) < 4.78 is 1.87. The molecule has 0 saturated heterocycles. The first-order valence-corrected chi connectivity index (χ1v) is 10.9. The Labute approximate surface area is 175 Å². The van der Waals surface area contributed by atoms with Crippen LogP contribution in [-0.2, 0) is 13.0 Å². The summed E-state index contributed by atoms with van der Waals surface area (Å²) >= 11 is 1.58. The van der Waals surface area contributed by atoms with E-state index in [-0.39, 0.29) is 11.8 Å². The Bertz CT molecular complexity index is 1020. The summed E-state index contributed by atoms with van der Waals surface area (Å²) in [7, 11) is 0. The summed E-state index contributed by atoms with van der Waals surface area (Å²) in [5, 5.41) is 8.21. The maximum absolute atomic E-state index is 13.1. The Morgan fingerprint density at radius 3 is 2.72 bits per heavy atom. The van der Waals surface area contributed by atoms with E-state index >= 15 is 0 Å². The van der Waals surface area contributed by atoms with Crippen molar-refractivity contribution < 1.29 is 4.79 Å². The van der Waals surface area contributed by atoms with E-state index in [2.05, 4.69) is 60.1 Å². The number of hydrogen-bond donors (Lipinski definition) is 1. The van der Waals surface area contributed by atoms with E-state index in [9.17, 15) is 4.79 Å².